The van der Waals surface area contributed by atoms with E-state index in [0.29, 0.717) is 5.56 Å². The molecule has 1 aromatic carbocycles. The Hall–Kier alpha value is -2.95. The van der Waals surface area contributed by atoms with Gasteiger partial charge in [-0.2, -0.15) is 5.26 Å². The predicted octanol–water partition coefficient (Wildman–Crippen LogP) is 0.393. The van der Waals surface area contributed by atoms with Gasteiger partial charge in [-0.15, -0.1) is 0 Å². The molecule has 3 amide bonds. The molecule has 0 fully saturated rings. The smallest absolute Gasteiger partial charge is 0.243 e. The molecule has 0 heterocycles. The van der Waals surface area contributed by atoms with E-state index in [1.165, 1.54) is 31.2 Å². The van der Waals surface area contributed by atoms with Crippen molar-refractivity contribution in [2.24, 2.45) is 11.7 Å². The van der Waals surface area contributed by atoms with Crippen molar-refractivity contribution >= 4 is 17.7 Å². The summed E-state index contributed by atoms with van der Waals surface area (Å²) in [6.07, 6.45) is 0.186. The van der Waals surface area contributed by atoms with Crippen LogP contribution in [-0.2, 0) is 20.8 Å². The topological polar surface area (TPSA) is 125 Å². The number of nitrogens with two attached hydrogens (primary N) is 1. The molecule has 8 heteroatoms. The van der Waals surface area contributed by atoms with E-state index in [4.69, 9.17) is 11.0 Å². The molecule has 0 saturated heterocycles. The van der Waals surface area contributed by atoms with E-state index in [2.05, 4.69) is 10.6 Å². The minimum atomic E-state index is -1.02. The van der Waals surface area contributed by atoms with E-state index < -0.39 is 41.5 Å². The largest absolute Gasteiger partial charge is 0.368 e. The Morgan fingerprint density at radius 1 is 1.20 bits per heavy atom. The number of nitrogens with zero attached hydrogens (tertiary/aromatic N) is 1. The van der Waals surface area contributed by atoms with Gasteiger partial charge < -0.3 is 16.4 Å². The molecule has 0 aliphatic carbocycles. The first-order chi connectivity index (χ1) is 11.7. The Morgan fingerprint density at radius 3 is 2.28 bits per heavy atom. The van der Waals surface area contributed by atoms with E-state index >= 15 is 0 Å². The summed E-state index contributed by atoms with van der Waals surface area (Å²) in [6.45, 7) is 2.86. The molecule has 134 valence electrons. The number of nitrogens with one attached hydrogen (secondary N) is 2. The number of rotatable bonds is 8. The molecule has 0 aliphatic rings. The molecular formula is C17H21FN4O3. The van der Waals surface area contributed by atoms with Gasteiger partial charge in [0.15, 0.2) is 0 Å². The molecular weight excluding hydrogens is 327 g/mol. The highest BCUT2D eigenvalue weighted by molar-refractivity contribution is 5.91. The van der Waals surface area contributed by atoms with E-state index in [9.17, 15) is 18.8 Å². The van der Waals surface area contributed by atoms with Crippen molar-refractivity contribution < 1.29 is 18.8 Å². The van der Waals surface area contributed by atoms with Crippen LogP contribution in [0.5, 0.6) is 0 Å². The van der Waals surface area contributed by atoms with Gasteiger partial charge in [0.25, 0.3) is 0 Å². The van der Waals surface area contributed by atoms with Gasteiger partial charge in [0.1, 0.15) is 17.9 Å². The van der Waals surface area contributed by atoms with Gasteiger partial charge in [-0.3, -0.25) is 14.4 Å². The monoisotopic (exact) mass is 348 g/mol. The quantitative estimate of drug-likeness (QED) is 0.628. The lowest BCUT2D eigenvalue weighted by molar-refractivity contribution is -0.131. The van der Waals surface area contributed by atoms with Gasteiger partial charge in [0.2, 0.25) is 17.7 Å². The number of hydrogen-bond acceptors (Lipinski definition) is 4. The number of benzene rings is 1. The lowest BCUT2D eigenvalue weighted by Gasteiger charge is -2.22. The molecule has 25 heavy (non-hydrogen) atoms. The molecule has 7 nitrogen and oxygen atoms in total. The SMILES string of the molecule is CC(=O)N[C@H](Cc1ccc(F)cc1)C(=O)N[C@H](C[C@@H](C)C#N)C(N)=O. The standard InChI is InChI=1S/C17H21FN4O3/c1-10(9-19)7-14(16(20)24)22-17(25)15(21-11(2)23)8-12-3-5-13(18)6-4-12/h3-6,10,14-15H,7-8H2,1-2H3,(H2,20,24)(H,21,23)(H,22,25)/t10-,14-,15-/m1/s1. The van der Waals surface area contributed by atoms with Gasteiger partial charge >= 0.3 is 0 Å². The van der Waals surface area contributed by atoms with Gasteiger partial charge in [0, 0.05) is 19.3 Å². The lowest BCUT2D eigenvalue weighted by atomic mass is 10.0. The number of carbonyl (C=O) groups is 3. The lowest BCUT2D eigenvalue weighted by Crippen LogP contribution is -2.53. The molecule has 1 rings (SSSR count). The number of amides is 3. The molecule has 3 atom stereocenters. The Balaban J connectivity index is 2.87. The third kappa shape index (κ3) is 6.99. The van der Waals surface area contributed by atoms with Crippen molar-refractivity contribution in [3.05, 3.63) is 35.6 Å². The molecule has 0 aromatic heterocycles. The van der Waals surface area contributed by atoms with Crippen LogP contribution < -0.4 is 16.4 Å². The molecule has 0 unspecified atom stereocenters. The molecule has 0 radical (unpaired) electrons. The van der Waals surface area contributed by atoms with Crippen molar-refractivity contribution in [1.29, 1.82) is 5.26 Å². The van der Waals surface area contributed by atoms with Gasteiger partial charge in [0.05, 0.1) is 6.07 Å². The van der Waals surface area contributed by atoms with Crippen LogP contribution in [0, 0.1) is 23.1 Å². The molecule has 0 spiro atoms. The second kappa shape index (κ2) is 9.37. The van der Waals surface area contributed by atoms with Gasteiger partial charge in [-0.05, 0) is 31.0 Å². The third-order valence-electron chi connectivity index (χ3n) is 3.52. The van der Waals surface area contributed by atoms with Crippen LogP contribution >= 0.6 is 0 Å². The number of carbonyl (C=O) groups excluding carboxylic acids is 3. The summed E-state index contributed by atoms with van der Waals surface area (Å²) in [5.74, 6) is -2.69. The van der Waals surface area contributed by atoms with Crippen molar-refractivity contribution in [3.8, 4) is 6.07 Å². The number of hydrogen-bond donors (Lipinski definition) is 3. The number of nitriles is 1. The summed E-state index contributed by atoms with van der Waals surface area (Å²) >= 11 is 0. The zero-order valence-electron chi connectivity index (χ0n) is 14.1. The zero-order chi connectivity index (χ0) is 19.0. The normalized spacial score (nSPS) is 13.8. The first-order valence-corrected chi connectivity index (χ1v) is 7.73. The summed E-state index contributed by atoms with van der Waals surface area (Å²) < 4.78 is 13.0. The highest BCUT2D eigenvalue weighted by atomic mass is 19.1. The number of primary amides is 1. The summed E-state index contributed by atoms with van der Waals surface area (Å²) in [5.41, 5.74) is 5.90. The fourth-order valence-electron chi connectivity index (χ4n) is 2.24. The second-order valence-corrected chi connectivity index (χ2v) is 5.81. The van der Waals surface area contributed by atoms with Crippen LogP contribution in [0.25, 0.3) is 0 Å². The first kappa shape index (κ1) is 20.1. The van der Waals surface area contributed by atoms with Crippen LogP contribution in [0.2, 0.25) is 0 Å². The minimum absolute atomic E-state index is 0.0704. The Bertz CT molecular complexity index is 669. The molecule has 0 bridgehead atoms. The summed E-state index contributed by atoms with van der Waals surface area (Å²) in [7, 11) is 0. The van der Waals surface area contributed by atoms with E-state index in [0.717, 1.165) is 0 Å². The maximum Gasteiger partial charge on any atom is 0.243 e. The maximum atomic E-state index is 13.0. The van der Waals surface area contributed by atoms with Crippen LogP contribution in [-0.4, -0.2) is 29.8 Å². The van der Waals surface area contributed by atoms with E-state index in [1.807, 2.05) is 6.07 Å². The molecule has 1 aromatic rings. The van der Waals surface area contributed by atoms with Crippen molar-refractivity contribution in [2.75, 3.05) is 0 Å². The maximum absolute atomic E-state index is 13.0. The van der Waals surface area contributed by atoms with Crippen LogP contribution in [0.4, 0.5) is 4.39 Å². The van der Waals surface area contributed by atoms with Gasteiger partial charge in [-0.25, -0.2) is 4.39 Å². The molecule has 0 aliphatic heterocycles. The zero-order valence-corrected chi connectivity index (χ0v) is 14.1. The Labute approximate surface area is 145 Å². The molecule has 0 saturated carbocycles. The summed E-state index contributed by atoms with van der Waals surface area (Å²) in [6, 6.07) is 5.49. The van der Waals surface area contributed by atoms with Crippen LogP contribution in [0.15, 0.2) is 24.3 Å². The highest BCUT2D eigenvalue weighted by Gasteiger charge is 2.26. The summed E-state index contributed by atoms with van der Waals surface area (Å²) in [5, 5.41) is 13.8. The minimum Gasteiger partial charge on any atom is -0.368 e. The second-order valence-electron chi connectivity index (χ2n) is 5.81. The Kier molecular flexibility index (Phi) is 7.53. The van der Waals surface area contributed by atoms with Crippen LogP contribution in [0.3, 0.4) is 0 Å². The van der Waals surface area contributed by atoms with E-state index in [-0.39, 0.29) is 12.8 Å². The number of halogens is 1. The fourth-order valence-corrected chi connectivity index (χ4v) is 2.24. The van der Waals surface area contributed by atoms with Crippen molar-refractivity contribution in [2.45, 2.75) is 38.8 Å². The fraction of sp³-hybridized carbons (Fsp3) is 0.412. The average molecular weight is 348 g/mol. The predicted molar refractivity (Wildman–Crippen MR) is 88.2 cm³/mol. The van der Waals surface area contributed by atoms with E-state index in [1.54, 1.807) is 6.92 Å². The molecule has 4 N–H and O–H groups in total. The summed E-state index contributed by atoms with van der Waals surface area (Å²) in [4.78, 5) is 35.3. The highest BCUT2D eigenvalue weighted by Crippen LogP contribution is 2.08. The van der Waals surface area contributed by atoms with Crippen molar-refractivity contribution in [3.63, 3.8) is 0 Å². The Morgan fingerprint density at radius 2 is 1.80 bits per heavy atom. The third-order valence-corrected chi connectivity index (χ3v) is 3.52. The van der Waals surface area contributed by atoms with Gasteiger partial charge in [-0.1, -0.05) is 12.1 Å². The average Bonchev–Trinajstić information content (AvgIpc) is 2.54. The van der Waals surface area contributed by atoms with Crippen molar-refractivity contribution in [1.82, 2.24) is 10.6 Å². The van der Waals surface area contributed by atoms with Crippen LogP contribution in [0.1, 0.15) is 25.8 Å². The first-order valence-electron chi connectivity index (χ1n) is 7.73.